The molecule has 0 aliphatic heterocycles. The zero-order chi connectivity index (χ0) is 13.7. The molecule has 1 aromatic rings. The molecule has 0 amide bonds. The van der Waals surface area contributed by atoms with Gasteiger partial charge in [0.15, 0.2) is 0 Å². The average Bonchev–Trinajstić information content (AvgIpc) is 2.90. The lowest BCUT2D eigenvalue weighted by Crippen LogP contribution is -2.35. The van der Waals surface area contributed by atoms with E-state index in [2.05, 4.69) is 58.3 Å². The number of hydrogen-bond acceptors (Lipinski definition) is 2. The lowest BCUT2D eigenvalue weighted by atomic mass is 10.1. The lowest BCUT2D eigenvalue weighted by molar-refractivity contribution is 0.245. The number of benzene rings is 1. The molecule has 0 bridgehead atoms. The Bertz CT molecular complexity index is 400. The molecule has 19 heavy (non-hydrogen) atoms. The summed E-state index contributed by atoms with van der Waals surface area (Å²) in [5.41, 5.74) is 2.64. The summed E-state index contributed by atoms with van der Waals surface area (Å²) in [5.74, 6) is 0. The van der Waals surface area contributed by atoms with Gasteiger partial charge in [-0.2, -0.15) is 0 Å². The average molecular weight is 325 g/mol. The van der Waals surface area contributed by atoms with Crippen molar-refractivity contribution in [3.63, 3.8) is 0 Å². The number of nitrogens with zero attached hydrogens (tertiary/aromatic N) is 1. The van der Waals surface area contributed by atoms with Gasteiger partial charge in [0, 0.05) is 30.1 Å². The molecular weight excluding hydrogens is 300 g/mol. The van der Waals surface area contributed by atoms with E-state index in [1.54, 1.807) is 0 Å². The molecule has 2 rings (SSSR count). The Kier molecular flexibility index (Phi) is 5.86. The second-order valence-electron chi connectivity index (χ2n) is 5.69. The highest BCUT2D eigenvalue weighted by atomic mass is 79.9. The van der Waals surface area contributed by atoms with Gasteiger partial charge in [-0.3, -0.25) is 0 Å². The van der Waals surface area contributed by atoms with Gasteiger partial charge in [0.25, 0.3) is 0 Å². The van der Waals surface area contributed by atoms with Crippen LogP contribution < -0.4 is 5.32 Å². The molecule has 1 aromatic carbocycles. The highest BCUT2D eigenvalue weighted by molar-refractivity contribution is 9.10. The molecule has 0 spiro atoms. The number of hydrogen-bond donors (Lipinski definition) is 1. The summed E-state index contributed by atoms with van der Waals surface area (Å²) < 4.78 is 1.21. The van der Waals surface area contributed by atoms with Crippen LogP contribution in [0.25, 0.3) is 0 Å². The van der Waals surface area contributed by atoms with Crippen LogP contribution in [-0.4, -0.2) is 31.1 Å². The molecule has 1 saturated carbocycles. The van der Waals surface area contributed by atoms with Crippen LogP contribution in [0.5, 0.6) is 0 Å². The third kappa shape index (κ3) is 4.59. The zero-order valence-electron chi connectivity index (χ0n) is 12.1. The van der Waals surface area contributed by atoms with Crippen molar-refractivity contribution in [2.24, 2.45) is 0 Å². The maximum Gasteiger partial charge on any atom is 0.0222 e. The fraction of sp³-hybridized carbons (Fsp3) is 0.625. The van der Waals surface area contributed by atoms with Crippen LogP contribution in [0.2, 0.25) is 0 Å². The first-order valence-corrected chi connectivity index (χ1v) is 8.12. The topological polar surface area (TPSA) is 15.3 Å². The molecule has 0 radical (unpaired) electrons. The van der Waals surface area contributed by atoms with E-state index in [1.807, 2.05) is 0 Å². The van der Waals surface area contributed by atoms with E-state index in [9.17, 15) is 0 Å². The zero-order valence-corrected chi connectivity index (χ0v) is 13.7. The van der Waals surface area contributed by atoms with Gasteiger partial charge in [-0.15, -0.1) is 0 Å². The Morgan fingerprint density at radius 1 is 1.32 bits per heavy atom. The van der Waals surface area contributed by atoms with E-state index in [1.165, 1.54) is 41.3 Å². The van der Waals surface area contributed by atoms with E-state index in [4.69, 9.17) is 0 Å². The molecule has 0 heterocycles. The standard InChI is InChI=1S/C16H25BrN2/c1-13-7-8-14(16(17)11-13)12-18-9-10-19(2)15-5-3-4-6-15/h7-8,11,15,18H,3-6,9-10,12H2,1-2H3. The van der Waals surface area contributed by atoms with Crippen molar-refractivity contribution in [2.45, 2.75) is 45.2 Å². The fourth-order valence-electron chi connectivity index (χ4n) is 2.80. The molecule has 1 fully saturated rings. The van der Waals surface area contributed by atoms with Crippen LogP contribution in [-0.2, 0) is 6.54 Å². The molecule has 1 aliphatic rings. The molecule has 3 heteroatoms. The molecule has 0 aromatic heterocycles. The largest absolute Gasteiger partial charge is 0.311 e. The van der Waals surface area contributed by atoms with Crippen molar-refractivity contribution < 1.29 is 0 Å². The molecule has 1 N–H and O–H groups in total. The van der Waals surface area contributed by atoms with Gasteiger partial charge in [-0.25, -0.2) is 0 Å². The normalized spacial score (nSPS) is 16.4. The first-order valence-electron chi connectivity index (χ1n) is 7.33. The third-order valence-corrected chi connectivity index (χ3v) is 4.85. The molecule has 1 aliphatic carbocycles. The molecule has 0 saturated heterocycles. The Hall–Kier alpha value is -0.380. The van der Waals surface area contributed by atoms with E-state index < -0.39 is 0 Å². The van der Waals surface area contributed by atoms with Crippen LogP contribution in [0.3, 0.4) is 0 Å². The molecule has 2 nitrogen and oxygen atoms in total. The van der Waals surface area contributed by atoms with Crippen molar-refractivity contribution in [3.8, 4) is 0 Å². The van der Waals surface area contributed by atoms with Crippen molar-refractivity contribution >= 4 is 15.9 Å². The summed E-state index contributed by atoms with van der Waals surface area (Å²) >= 11 is 3.63. The van der Waals surface area contributed by atoms with Gasteiger partial charge in [-0.05, 0) is 44.0 Å². The van der Waals surface area contributed by atoms with Crippen LogP contribution in [0, 0.1) is 6.92 Å². The SMILES string of the molecule is Cc1ccc(CNCCN(C)C2CCCC2)c(Br)c1. The van der Waals surface area contributed by atoms with Crippen molar-refractivity contribution in [2.75, 3.05) is 20.1 Å². The predicted octanol–water partition coefficient (Wildman–Crippen LogP) is 3.72. The Labute approximate surface area is 125 Å². The van der Waals surface area contributed by atoms with Gasteiger partial charge in [0.2, 0.25) is 0 Å². The van der Waals surface area contributed by atoms with Crippen molar-refractivity contribution in [1.29, 1.82) is 0 Å². The first kappa shape index (κ1) is 15.0. The monoisotopic (exact) mass is 324 g/mol. The van der Waals surface area contributed by atoms with Gasteiger partial charge in [0.05, 0.1) is 0 Å². The highest BCUT2D eigenvalue weighted by Crippen LogP contribution is 2.22. The lowest BCUT2D eigenvalue weighted by Gasteiger charge is -2.24. The Morgan fingerprint density at radius 3 is 2.74 bits per heavy atom. The van der Waals surface area contributed by atoms with E-state index in [0.29, 0.717) is 0 Å². The summed E-state index contributed by atoms with van der Waals surface area (Å²) in [6, 6.07) is 7.38. The minimum Gasteiger partial charge on any atom is -0.311 e. The van der Waals surface area contributed by atoms with Gasteiger partial charge in [-0.1, -0.05) is 40.9 Å². The Balaban J connectivity index is 1.68. The predicted molar refractivity (Wildman–Crippen MR) is 85.5 cm³/mol. The third-order valence-electron chi connectivity index (χ3n) is 4.11. The molecule has 106 valence electrons. The maximum absolute atomic E-state index is 3.63. The highest BCUT2D eigenvalue weighted by Gasteiger charge is 2.18. The number of aryl methyl sites for hydroxylation is 1. The van der Waals surface area contributed by atoms with Crippen molar-refractivity contribution in [3.05, 3.63) is 33.8 Å². The maximum atomic E-state index is 3.63. The minimum atomic E-state index is 0.827. The summed E-state index contributed by atoms with van der Waals surface area (Å²) in [4.78, 5) is 2.52. The summed E-state index contributed by atoms with van der Waals surface area (Å²) in [7, 11) is 2.26. The van der Waals surface area contributed by atoms with E-state index in [-0.39, 0.29) is 0 Å². The van der Waals surface area contributed by atoms with Gasteiger partial charge >= 0.3 is 0 Å². The van der Waals surface area contributed by atoms with Crippen molar-refractivity contribution in [1.82, 2.24) is 10.2 Å². The van der Waals surface area contributed by atoms with Crippen LogP contribution in [0.15, 0.2) is 22.7 Å². The summed E-state index contributed by atoms with van der Waals surface area (Å²) in [6.07, 6.45) is 5.61. The molecular formula is C16H25BrN2. The summed E-state index contributed by atoms with van der Waals surface area (Å²) in [5, 5.41) is 3.54. The van der Waals surface area contributed by atoms with Crippen LogP contribution in [0.1, 0.15) is 36.8 Å². The quantitative estimate of drug-likeness (QED) is 0.802. The first-order chi connectivity index (χ1) is 9.16. The van der Waals surface area contributed by atoms with Gasteiger partial charge in [0.1, 0.15) is 0 Å². The fourth-order valence-corrected chi connectivity index (χ4v) is 3.44. The summed E-state index contributed by atoms with van der Waals surface area (Å²) in [6.45, 7) is 5.28. The number of halogens is 1. The van der Waals surface area contributed by atoms with E-state index >= 15 is 0 Å². The molecule has 0 atom stereocenters. The van der Waals surface area contributed by atoms with Gasteiger partial charge < -0.3 is 10.2 Å². The van der Waals surface area contributed by atoms with E-state index in [0.717, 1.165) is 25.7 Å². The number of likely N-dealkylation sites (N-methyl/N-ethyl adjacent to an activating group) is 1. The second-order valence-corrected chi connectivity index (χ2v) is 6.54. The minimum absolute atomic E-state index is 0.827. The van der Waals surface area contributed by atoms with Crippen LogP contribution in [0.4, 0.5) is 0 Å². The second kappa shape index (κ2) is 7.41. The number of rotatable bonds is 6. The Morgan fingerprint density at radius 2 is 2.05 bits per heavy atom. The smallest absolute Gasteiger partial charge is 0.0222 e. The number of nitrogens with one attached hydrogen (secondary N) is 1. The van der Waals surface area contributed by atoms with Crippen LogP contribution >= 0.6 is 15.9 Å². The molecule has 0 unspecified atom stereocenters.